The minimum atomic E-state index is -1.06. The van der Waals surface area contributed by atoms with Crippen LogP contribution in [0.1, 0.15) is 35.2 Å². The van der Waals surface area contributed by atoms with E-state index >= 15 is 0 Å². The second-order valence-corrected chi connectivity index (χ2v) is 4.71. The second-order valence-electron chi connectivity index (χ2n) is 4.71. The van der Waals surface area contributed by atoms with Gasteiger partial charge in [0, 0.05) is 0 Å². The summed E-state index contributed by atoms with van der Waals surface area (Å²) >= 11 is 0. The molecule has 0 spiro atoms. The zero-order valence-corrected chi connectivity index (χ0v) is 11.7. The molecule has 0 saturated carbocycles. The van der Waals surface area contributed by atoms with Gasteiger partial charge in [0.1, 0.15) is 0 Å². The van der Waals surface area contributed by atoms with E-state index < -0.39 is 5.97 Å². The number of carbonyl (C=O) groups is 2. The Morgan fingerprint density at radius 1 is 1.05 bits per heavy atom. The van der Waals surface area contributed by atoms with E-state index in [1.54, 1.807) is 18.2 Å². The van der Waals surface area contributed by atoms with Crippen LogP contribution in [0.15, 0.2) is 54.6 Å². The van der Waals surface area contributed by atoms with Gasteiger partial charge in [-0.1, -0.05) is 49.4 Å². The molecule has 2 aromatic rings. The first-order valence-electron chi connectivity index (χ1n) is 6.81. The van der Waals surface area contributed by atoms with Crippen molar-refractivity contribution < 1.29 is 14.7 Å². The number of para-hydroxylation sites is 1. The molecule has 0 saturated heterocycles. The average Bonchev–Trinajstić information content (AvgIpc) is 2.49. The molecule has 1 atom stereocenters. The molecular weight excluding hydrogens is 266 g/mol. The largest absolute Gasteiger partial charge is 0.478 e. The van der Waals surface area contributed by atoms with Crippen molar-refractivity contribution in [3.63, 3.8) is 0 Å². The number of rotatable bonds is 5. The first kappa shape index (κ1) is 14.8. The molecule has 0 fully saturated rings. The van der Waals surface area contributed by atoms with Crippen LogP contribution in [0.2, 0.25) is 0 Å². The van der Waals surface area contributed by atoms with Gasteiger partial charge in [0.25, 0.3) is 0 Å². The van der Waals surface area contributed by atoms with Crippen LogP contribution in [-0.4, -0.2) is 17.0 Å². The molecule has 1 amide bonds. The van der Waals surface area contributed by atoms with E-state index in [-0.39, 0.29) is 17.4 Å². The van der Waals surface area contributed by atoms with Crippen LogP contribution in [0, 0.1) is 0 Å². The van der Waals surface area contributed by atoms with E-state index in [9.17, 15) is 9.59 Å². The third-order valence-electron chi connectivity index (χ3n) is 3.34. The molecule has 0 aromatic heterocycles. The van der Waals surface area contributed by atoms with Crippen molar-refractivity contribution in [2.75, 3.05) is 5.32 Å². The van der Waals surface area contributed by atoms with Crippen LogP contribution < -0.4 is 5.32 Å². The molecule has 2 rings (SSSR count). The lowest BCUT2D eigenvalue weighted by Gasteiger charge is -2.16. The van der Waals surface area contributed by atoms with E-state index in [1.807, 2.05) is 37.3 Å². The van der Waals surface area contributed by atoms with E-state index in [0.717, 1.165) is 5.56 Å². The summed E-state index contributed by atoms with van der Waals surface area (Å²) in [6.07, 6.45) is 0.644. The van der Waals surface area contributed by atoms with Gasteiger partial charge in [-0.2, -0.15) is 0 Å². The molecule has 0 aliphatic rings. The van der Waals surface area contributed by atoms with Gasteiger partial charge in [-0.3, -0.25) is 4.79 Å². The second kappa shape index (κ2) is 6.70. The van der Waals surface area contributed by atoms with Crippen LogP contribution in [0.3, 0.4) is 0 Å². The minimum Gasteiger partial charge on any atom is -0.478 e. The van der Waals surface area contributed by atoms with Gasteiger partial charge in [-0.05, 0) is 24.1 Å². The normalized spacial score (nSPS) is 11.7. The van der Waals surface area contributed by atoms with Crippen molar-refractivity contribution in [2.24, 2.45) is 0 Å². The molecule has 4 nitrogen and oxygen atoms in total. The average molecular weight is 283 g/mol. The van der Waals surface area contributed by atoms with Gasteiger partial charge < -0.3 is 10.4 Å². The summed E-state index contributed by atoms with van der Waals surface area (Å²) in [5.41, 5.74) is 1.34. The van der Waals surface area contributed by atoms with E-state index in [1.165, 1.54) is 6.07 Å². The van der Waals surface area contributed by atoms with E-state index in [0.29, 0.717) is 12.1 Å². The summed E-state index contributed by atoms with van der Waals surface area (Å²) < 4.78 is 0. The zero-order chi connectivity index (χ0) is 15.2. The van der Waals surface area contributed by atoms with Crippen LogP contribution in [0.5, 0.6) is 0 Å². The van der Waals surface area contributed by atoms with Crippen molar-refractivity contribution in [3.8, 4) is 0 Å². The number of carboxylic acids is 1. The Labute approximate surface area is 123 Å². The number of carboxylic acid groups (broad SMARTS) is 1. The summed E-state index contributed by atoms with van der Waals surface area (Å²) in [7, 11) is 0. The van der Waals surface area contributed by atoms with Crippen molar-refractivity contribution in [2.45, 2.75) is 19.3 Å². The zero-order valence-electron chi connectivity index (χ0n) is 11.7. The van der Waals surface area contributed by atoms with Gasteiger partial charge in [0.2, 0.25) is 5.91 Å². The fraction of sp³-hybridized carbons (Fsp3) is 0.176. The van der Waals surface area contributed by atoms with Crippen LogP contribution in [0.25, 0.3) is 0 Å². The Balaban J connectivity index is 2.23. The molecule has 2 N–H and O–H groups in total. The maximum absolute atomic E-state index is 12.4. The molecule has 0 radical (unpaired) electrons. The number of nitrogens with one attached hydrogen (secondary N) is 1. The minimum absolute atomic E-state index is 0.0914. The van der Waals surface area contributed by atoms with Crippen molar-refractivity contribution >= 4 is 17.6 Å². The van der Waals surface area contributed by atoms with E-state index in [4.69, 9.17) is 5.11 Å². The van der Waals surface area contributed by atoms with Crippen molar-refractivity contribution in [1.82, 2.24) is 0 Å². The molecule has 0 aliphatic carbocycles. The first-order chi connectivity index (χ1) is 10.1. The third-order valence-corrected chi connectivity index (χ3v) is 3.34. The molecule has 1 unspecified atom stereocenters. The molecule has 4 heteroatoms. The Kier molecular flexibility index (Phi) is 4.72. The molecule has 0 aliphatic heterocycles. The Morgan fingerprint density at radius 3 is 2.29 bits per heavy atom. The van der Waals surface area contributed by atoms with Crippen molar-refractivity contribution in [1.29, 1.82) is 0 Å². The molecule has 108 valence electrons. The van der Waals surface area contributed by atoms with Crippen LogP contribution in [-0.2, 0) is 4.79 Å². The fourth-order valence-corrected chi connectivity index (χ4v) is 2.26. The third kappa shape index (κ3) is 3.48. The number of aromatic carboxylic acids is 1. The first-order valence-corrected chi connectivity index (χ1v) is 6.81. The summed E-state index contributed by atoms with van der Waals surface area (Å²) in [4.78, 5) is 23.6. The molecule has 2 aromatic carbocycles. The fourth-order valence-electron chi connectivity index (χ4n) is 2.26. The SMILES string of the molecule is CCC(C(=O)Nc1ccccc1C(=O)O)c1ccccc1. The lowest BCUT2D eigenvalue weighted by molar-refractivity contribution is -0.117. The predicted octanol–water partition coefficient (Wildman–Crippen LogP) is 3.52. The van der Waals surface area contributed by atoms with Crippen LogP contribution in [0.4, 0.5) is 5.69 Å². The lowest BCUT2D eigenvalue weighted by atomic mass is 9.95. The Morgan fingerprint density at radius 2 is 1.67 bits per heavy atom. The summed E-state index contributed by atoms with van der Waals surface area (Å²) in [6.45, 7) is 1.93. The Bertz CT molecular complexity index is 637. The number of hydrogen-bond donors (Lipinski definition) is 2. The van der Waals surface area contributed by atoms with Crippen LogP contribution >= 0.6 is 0 Å². The lowest BCUT2D eigenvalue weighted by Crippen LogP contribution is -2.22. The predicted molar refractivity (Wildman–Crippen MR) is 81.5 cm³/mol. The molecule has 21 heavy (non-hydrogen) atoms. The summed E-state index contributed by atoms with van der Waals surface area (Å²) in [5.74, 6) is -1.55. The number of hydrogen-bond acceptors (Lipinski definition) is 2. The summed E-state index contributed by atoms with van der Waals surface area (Å²) in [5, 5.41) is 11.9. The highest BCUT2D eigenvalue weighted by Crippen LogP contribution is 2.23. The van der Waals surface area contributed by atoms with Crippen molar-refractivity contribution in [3.05, 3.63) is 65.7 Å². The number of carbonyl (C=O) groups excluding carboxylic acids is 1. The smallest absolute Gasteiger partial charge is 0.337 e. The van der Waals surface area contributed by atoms with Gasteiger partial charge in [-0.25, -0.2) is 4.79 Å². The number of benzene rings is 2. The Hall–Kier alpha value is -2.62. The van der Waals surface area contributed by atoms with Gasteiger partial charge in [0.05, 0.1) is 17.2 Å². The van der Waals surface area contributed by atoms with Gasteiger partial charge in [0.15, 0.2) is 0 Å². The quantitative estimate of drug-likeness (QED) is 0.882. The highest BCUT2D eigenvalue weighted by atomic mass is 16.4. The molecule has 0 heterocycles. The maximum atomic E-state index is 12.4. The standard InChI is InChI=1S/C17H17NO3/c1-2-13(12-8-4-3-5-9-12)16(19)18-15-11-7-6-10-14(15)17(20)21/h3-11,13H,2H2,1H3,(H,18,19)(H,20,21). The maximum Gasteiger partial charge on any atom is 0.337 e. The highest BCUT2D eigenvalue weighted by molar-refractivity contribution is 6.02. The summed E-state index contributed by atoms with van der Waals surface area (Å²) in [6, 6.07) is 15.9. The number of anilines is 1. The van der Waals surface area contributed by atoms with E-state index in [2.05, 4.69) is 5.32 Å². The topological polar surface area (TPSA) is 66.4 Å². The highest BCUT2D eigenvalue weighted by Gasteiger charge is 2.20. The number of amides is 1. The molecular formula is C17H17NO3. The molecule has 0 bridgehead atoms. The van der Waals surface area contributed by atoms with Gasteiger partial charge in [-0.15, -0.1) is 0 Å². The monoisotopic (exact) mass is 283 g/mol. The van der Waals surface area contributed by atoms with Gasteiger partial charge >= 0.3 is 5.97 Å².